The van der Waals surface area contributed by atoms with Crippen LogP contribution in [0.1, 0.15) is 36.0 Å². The van der Waals surface area contributed by atoms with Gasteiger partial charge in [-0.25, -0.2) is 0 Å². The van der Waals surface area contributed by atoms with Crippen LogP contribution in [0.4, 0.5) is 11.4 Å². The number of rotatable bonds is 5. The number of carbonyl (C=O) groups excluding carboxylic acids is 1. The van der Waals surface area contributed by atoms with E-state index >= 15 is 0 Å². The first-order valence-electron chi connectivity index (χ1n) is 8.05. The molecule has 0 heterocycles. The third-order valence-electron chi connectivity index (χ3n) is 4.13. The monoisotopic (exact) mass is 376 g/mol. The first-order chi connectivity index (χ1) is 12.0. The third-order valence-corrected chi connectivity index (χ3v) is 5.78. The minimum atomic E-state index is -0.597. The molecule has 1 aliphatic carbocycles. The minimum Gasteiger partial charge on any atom is -0.321 e. The van der Waals surface area contributed by atoms with E-state index in [1.54, 1.807) is 11.8 Å². The number of nitro benzene ring substituents is 1. The average Bonchev–Trinajstić information content (AvgIpc) is 3.09. The Bertz CT molecular complexity index is 807. The molecule has 0 saturated heterocycles. The second kappa shape index (κ2) is 7.89. The van der Waals surface area contributed by atoms with Gasteiger partial charge in [-0.15, -0.1) is 11.8 Å². The molecule has 0 aliphatic heterocycles. The number of hydrogen-bond acceptors (Lipinski definition) is 4. The molecule has 0 radical (unpaired) electrons. The molecule has 25 heavy (non-hydrogen) atoms. The fourth-order valence-corrected chi connectivity index (χ4v) is 4.39. The second-order valence-corrected chi connectivity index (χ2v) is 7.67. The number of anilines is 1. The number of nitro groups is 1. The zero-order chi connectivity index (χ0) is 17.8. The normalized spacial score (nSPS) is 14.4. The number of halogens is 1. The lowest BCUT2D eigenvalue weighted by Gasteiger charge is -2.14. The molecule has 0 aromatic heterocycles. The maximum Gasteiger partial charge on any atom is 0.283 e. The van der Waals surface area contributed by atoms with Crippen molar-refractivity contribution in [3.63, 3.8) is 0 Å². The summed E-state index contributed by atoms with van der Waals surface area (Å²) >= 11 is 7.56. The third kappa shape index (κ3) is 4.32. The van der Waals surface area contributed by atoms with Crippen LogP contribution < -0.4 is 5.32 Å². The van der Waals surface area contributed by atoms with E-state index in [9.17, 15) is 14.9 Å². The summed E-state index contributed by atoms with van der Waals surface area (Å²) in [4.78, 5) is 24.2. The van der Waals surface area contributed by atoms with Crippen LogP contribution in [0.15, 0.2) is 47.4 Å². The number of thioether (sulfide) groups is 1. The van der Waals surface area contributed by atoms with Crippen molar-refractivity contribution >= 4 is 40.6 Å². The highest BCUT2D eigenvalue weighted by Gasteiger charge is 2.22. The number of amides is 1. The molecule has 0 bridgehead atoms. The lowest BCUT2D eigenvalue weighted by molar-refractivity contribution is -0.385. The Morgan fingerprint density at radius 3 is 2.64 bits per heavy atom. The Morgan fingerprint density at radius 2 is 1.92 bits per heavy atom. The van der Waals surface area contributed by atoms with Crippen molar-refractivity contribution in [1.82, 2.24) is 0 Å². The largest absolute Gasteiger partial charge is 0.321 e. The Morgan fingerprint density at radius 1 is 1.20 bits per heavy atom. The predicted molar refractivity (Wildman–Crippen MR) is 101 cm³/mol. The van der Waals surface area contributed by atoms with E-state index in [1.807, 2.05) is 24.3 Å². The highest BCUT2D eigenvalue weighted by atomic mass is 35.5. The summed E-state index contributed by atoms with van der Waals surface area (Å²) < 4.78 is 0. The summed E-state index contributed by atoms with van der Waals surface area (Å²) in [5.41, 5.74) is 0.370. The van der Waals surface area contributed by atoms with Crippen molar-refractivity contribution in [2.24, 2.45) is 0 Å². The van der Waals surface area contributed by atoms with Gasteiger partial charge in [0, 0.05) is 21.2 Å². The van der Waals surface area contributed by atoms with Gasteiger partial charge < -0.3 is 5.32 Å². The quantitative estimate of drug-likeness (QED) is 0.549. The van der Waals surface area contributed by atoms with E-state index in [2.05, 4.69) is 5.32 Å². The molecule has 3 rings (SSSR count). The van der Waals surface area contributed by atoms with Gasteiger partial charge in [0.25, 0.3) is 11.6 Å². The first kappa shape index (κ1) is 17.8. The van der Waals surface area contributed by atoms with Crippen molar-refractivity contribution in [3.8, 4) is 0 Å². The molecule has 1 fully saturated rings. The highest BCUT2D eigenvalue weighted by molar-refractivity contribution is 8.00. The molecular weight excluding hydrogens is 360 g/mol. The van der Waals surface area contributed by atoms with Gasteiger partial charge in [0.1, 0.15) is 5.56 Å². The summed E-state index contributed by atoms with van der Waals surface area (Å²) in [6.07, 6.45) is 4.83. The molecule has 0 spiro atoms. The van der Waals surface area contributed by atoms with E-state index in [-0.39, 0.29) is 16.3 Å². The summed E-state index contributed by atoms with van der Waals surface area (Å²) in [5, 5.41) is 14.8. The lowest BCUT2D eigenvalue weighted by Crippen LogP contribution is -2.14. The topological polar surface area (TPSA) is 72.2 Å². The van der Waals surface area contributed by atoms with Gasteiger partial charge >= 0.3 is 0 Å². The second-order valence-electron chi connectivity index (χ2n) is 5.89. The van der Waals surface area contributed by atoms with Crippen LogP contribution in [0.2, 0.25) is 5.02 Å². The molecule has 1 amide bonds. The predicted octanol–water partition coefficient (Wildman–Crippen LogP) is 5.54. The maximum atomic E-state index is 12.6. The highest BCUT2D eigenvalue weighted by Crippen LogP contribution is 2.38. The van der Waals surface area contributed by atoms with Crippen LogP contribution in [0, 0.1) is 10.1 Å². The summed E-state index contributed by atoms with van der Waals surface area (Å²) in [6.45, 7) is 0. The number of nitrogens with zero attached hydrogens (tertiary/aromatic N) is 1. The van der Waals surface area contributed by atoms with E-state index in [1.165, 1.54) is 43.9 Å². The molecule has 0 unspecified atom stereocenters. The number of nitrogens with one attached hydrogen (secondary N) is 1. The van der Waals surface area contributed by atoms with Gasteiger partial charge in [-0.1, -0.05) is 36.6 Å². The molecule has 130 valence electrons. The Kier molecular flexibility index (Phi) is 5.60. The average molecular weight is 377 g/mol. The maximum absolute atomic E-state index is 12.6. The summed E-state index contributed by atoms with van der Waals surface area (Å²) in [6, 6.07) is 11.6. The fraction of sp³-hybridized carbons (Fsp3) is 0.278. The van der Waals surface area contributed by atoms with Crippen LogP contribution in [-0.4, -0.2) is 16.1 Å². The van der Waals surface area contributed by atoms with Crippen molar-refractivity contribution in [2.75, 3.05) is 5.32 Å². The zero-order valence-electron chi connectivity index (χ0n) is 13.4. The van der Waals surface area contributed by atoms with Crippen molar-refractivity contribution in [3.05, 3.63) is 63.2 Å². The Balaban J connectivity index is 1.83. The van der Waals surface area contributed by atoms with Crippen molar-refractivity contribution < 1.29 is 9.72 Å². The lowest BCUT2D eigenvalue weighted by atomic mass is 10.1. The van der Waals surface area contributed by atoms with Crippen molar-refractivity contribution in [1.29, 1.82) is 0 Å². The first-order valence-corrected chi connectivity index (χ1v) is 9.31. The van der Waals surface area contributed by atoms with Gasteiger partial charge in [0.15, 0.2) is 0 Å². The molecule has 5 nitrogen and oxygen atoms in total. The number of hydrogen-bond donors (Lipinski definition) is 1. The molecule has 1 saturated carbocycles. The summed E-state index contributed by atoms with van der Waals surface area (Å²) in [7, 11) is 0. The van der Waals surface area contributed by atoms with Gasteiger partial charge in [0.05, 0.1) is 10.6 Å². The van der Waals surface area contributed by atoms with Crippen molar-refractivity contribution in [2.45, 2.75) is 35.8 Å². The molecule has 1 aliphatic rings. The van der Waals surface area contributed by atoms with Crippen LogP contribution in [0.25, 0.3) is 0 Å². The summed E-state index contributed by atoms with van der Waals surface area (Å²) in [5.74, 6) is -0.511. The number of carbonyl (C=O) groups is 1. The van der Waals surface area contributed by atoms with E-state index < -0.39 is 10.8 Å². The molecule has 2 aromatic rings. The number of benzene rings is 2. The Labute approximate surface area is 154 Å². The standard InChI is InChI=1S/C18H17ClN2O3S/c19-12-9-10-14(16(11-12)21(23)24)18(22)20-15-7-3-4-8-17(15)25-13-5-1-2-6-13/h3-4,7-11,13H,1-2,5-6H2,(H,20,22). The Hall–Kier alpha value is -2.05. The smallest absolute Gasteiger partial charge is 0.283 e. The molecule has 2 aromatic carbocycles. The molecule has 0 atom stereocenters. The minimum absolute atomic E-state index is 0.00457. The van der Waals surface area contributed by atoms with Crippen LogP contribution in [0.3, 0.4) is 0 Å². The van der Waals surface area contributed by atoms with Crippen LogP contribution in [-0.2, 0) is 0 Å². The van der Waals surface area contributed by atoms with E-state index in [4.69, 9.17) is 11.6 Å². The SMILES string of the molecule is O=C(Nc1ccccc1SC1CCCC1)c1ccc(Cl)cc1[N+](=O)[O-]. The van der Waals surface area contributed by atoms with Gasteiger partial charge in [-0.05, 0) is 37.1 Å². The van der Waals surface area contributed by atoms with Crippen LogP contribution in [0.5, 0.6) is 0 Å². The molecule has 7 heteroatoms. The zero-order valence-corrected chi connectivity index (χ0v) is 15.0. The fourth-order valence-electron chi connectivity index (χ4n) is 2.90. The van der Waals surface area contributed by atoms with Crippen LogP contribution >= 0.6 is 23.4 Å². The van der Waals surface area contributed by atoms with E-state index in [0.717, 1.165) is 4.90 Å². The van der Waals surface area contributed by atoms with Gasteiger partial charge in [0.2, 0.25) is 0 Å². The van der Waals surface area contributed by atoms with E-state index in [0.29, 0.717) is 10.9 Å². The molecule has 1 N–H and O–H groups in total. The van der Waals surface area contributed by atoms with Gasteiger partial charge in [-0.3, -0.25) is 14.9 Å². The number of para-hydroxylation sites is 1. The molecular formula is C18H17ClN2O3S. The van der Waals surface area contributed by atoms with Gasteiger partial charge in [-0.2, -0.15) is 0 Å².